The Bertz CT molecular complexity index is 1050. The maximum atomic E-state index is 13.3. The normalized spacial score (nSPS) is 21.9. The predicted octanol–water partition coefficient (Wildman–Crippen LogP) is 2.18. The molecule has 2 N–H and O–H groups in total. The molecule has 2 aliphatic heterocycles. The van der Waals surface area contributed by atoms with Crippen molar-refractivity contribution < 1.29 is 23.9 Å². The first-order valence-electron chi connectivity index (χ1n) is 9.99. The fraction of sp³-hybridized carbons (Fsp3) is 0.318. The zero-order valence-electron chi connectivity index (χ0n) is 16.3. The largest absolute Gasteiger partial charge is 0.486 e. The van der Waals surface area contributed by atoms with Crippen LogP contribution in [0.15, 0.2) is 42.5 Å². The first kappa shape index (κ1) is 18.5. The van der Waals surface area contributed by atoms with Crippen LogP contribution in [0.3, 0.4) is 0 Å². The number of hydrogen-bond acceptors (Lipinski definition) is 5. The summed E-state index contributed by atoms with van der Waals surface area (Å²) >= 11 is 0. The predicted molar refractivity (Wildman–Crippen MR) is 107 cm³/mol. The Kier molecular flexibility index (Phi) is 4.34. The van der Waals surface area contributed by atoms with Crippen molar-refractivity contribution in [2.24, 2.45) is 0 Å². The molecule has 1 aliphatic carbocycles. The van der Waals surface area contributed by atoms with E-state index in [0.29, 0.717) is 36.8 Å². The van der Waals surface area contributed by atoms with Crippen molar-refractivity contribution in [3.63, 3.8) is 0 Å². The minimum atomic E-state index is -1.08. The summed E-state index contributed by atoms with van der Waals surface area (Å²) in [7, 11) is 0. The molecule has 8 heteroatoms. The molecule has 1 spiro atoms. The summed E-state index contributed by atoms with van der Waals surface area (Å²) in [5.41, 5.74) is 1.31. The molecule has 5 rings (SSSR count). The average Bonchev–Trinajstić information content (AvgIpc) is 2.98. The van der Waals surface area contributed by atoms with Gasteiger partial charge >= 0.3 is 6.03 Å². The number of nitrogens with zero attached hydrogens (tertiary/aromatic N) is 1. The second-order valence-corrected chi connectivity index (χ2v) is 7.64. The highest BCUT2D eigenvalue weighted by atomic mass is 16.6. The van der Waals surface area contributed by atoms with Gasteiger partial charge in [-0.2, -0.15) is 0 Å². The molecule has 0 radical (unpaired) electrons. The fourth-order valence-electron chi connectivity index (χ4n) is 4.42. The standard InChI is InChI=1S/C22H21N3O5/c26-19(23-15-7-8-17-18(12-15)30-11-10-29-17)13-25-20(27)22(24-21(25)28)9-3-5-14-4-1-2-6-16(14)22/h1-2,4,6-8,12H,3,5,9-11,13H2,(H,23,26)(H,24,28)/t22-/m1/s1. The molecule has 3 aliphatic rings. The van der Waals surface area contributed by atoms with Gasteiger partial charge < -0.3 is 20.1 Å². The average molecular weight is 407 g/mol. The highest BCUT2D eigenvalue weighted by Gasteiger charge is 2.54. The number of hydrogen-bond donors (Lipinski definition) is 2. The Labute approximate surface area is 173 Å². The third-order valence-electron chi connectivity index (χ3n) is 5.78. The van der Waals surface area contributed by atoms with Crippen LogP contribution >= 0.6 is 0 Å². The van der Waals surface area contributed by atoms with Crippen molar-refractivity contribution in [1.29, 1.82) is 0 Å². The van der Waals surface area contributed by atoms with Gasteiger partial charge in [0.25, 0.3) is 5.91 Å². The van der Waals surface area contributed by atoms with Gasteiger partial charge in [0, 0.05) is 11.8 Å². The molecule has 1 fully saturated rings. The summed E-state index contributed by atoms with van der Waals surface area (Å²) in [5.74, 6) is 0.325. The lowest BCUT2D eigenvalue weighted by molar-refractivity contribution is -0.134. The molecule has 2 aromatic carbocycles. The molecule has 0 saturated carbocycles. The fourth-order valence-corrected chi connectivity index (χ4v) is 4.42. The summed E-state index contributed by atoms with van der Waals surface area (Å²) in [6.45, 7) is 0.565. The van der Waals surface area contributed by atoms with Crippen LogP contribution in [0.5, 0.6) is 11.5 Å². The highest BCUT2D eigenvalue weighted by Crippen LogP contribution is 2.40. The minimum Gasteiger partial charge on any atom is -0.486 e. The van der Waals surface area contributed by atoms with Gasteiger partial charge in [-0.3, -0.25) is 14.5 Å². The van der Waals surface area contributed by atoms with Crippen LogP contribution in [0, 0.1) is 0 Å². The van der Waals surface area contributed by atoms with Crippen molar-refractivity contribution in [1.82, 2.24) is 10.2 Å². The summed E-state index contributed by atoms with van der Waals surface area (Å²) in [6.07, 6.45) is 2.18. The third kappa shape index (κ3) is 2.96. The lowest BCUT2D eigenvalue weighted by atomic mass is 9.76. The molecule has 0 unspecified atom stereocenters. The molecule has 4 amide bonds. The van der Waals surface area contributed by atoms with E-state index in [2.05, 4.69) is 10.6 Å². The van der Waals surface area contributed by atoms with E-state index in [9.17, 15) is 14.4 Å². The Hall–Kier alpha value is -3.55. The number of benzene rings is 2. The van der Waals surface area contributed by atoms with E-state index in [1.54, 1.807) is 18.2 Å². The van der Waals surface area contributed by atoms with Gasteiger partial charge in [-0.05, 0) is 42.5 Å². The molecule has 8 nitrogen and oxygen atoms in total. The monoisotopic (exact) mass is 407 g/mol. The maximum absolute atomic E-state index is 13.3. The van der Waals surface area contributed by atoms with Crippen LogP contribution in [0.4, 0.5) is 10.5 Å². The molecule has 1 saturated heterocycles. The van der Waals surface area contributed by atoms with Crippen LogP contribution in [0.1, 0.15) is 24.0 Å². The van der Waals surface area contributed by atoms with E-state index in [1.807, 2.05) is 24.3 Å². The van der Waals surface area contributed by atoms with E-state index >= 15 is 0 Å². The van der Waals surface area contributed by atoms with Crippen molar-refractivity contribution in [2.45, 2.75) is 24.8 Å². The zero-order chi connectivity index (χ0) is 20.7. The summed E-state index contributed by atoms with van der Waals surface area (Å²) < 4.78 is 11.0. The Balaban J connectivity index is 1.33. The molecule has 2 heterocycles. The van der Waals surface area contributed by atoms with Crippen molar-refractivity contribution >= 4 is 23.5 Å². The number of carbonyl (C=O) groups is 3. The number of urea groups is 1. The van der Waals surface area contributed by atoms with E-state index in [-0.39, 0.29) is 12.5 Å². The minimum absolute atomic E-state index is 0.358. The molecule has 0 aromatic heterocycles. The number of nitrogens with one attached hydrogen (secondary N) is 2. The number of ether oxygens (including phenoxy) is 2. The zero-order valence-corrected chi connectivity index (χ0v) is 16.3. The first-order chi connectivity index (χ1) is 14.6. The molecule has 30 heavy (non-hydrogen) atoms. The third-order valence-corrected chi connectivity index (χ3v) is 5.78. The smallest absolute Gasteiger partial charge is 0.325 e. The van der Waals surface area contributed by atoms with E-state index in [4.69, 9.17) is 9.47 Å². The SMILES string of the molecule is O=C(CN1C(=O)N[C@@]2(CCCc3ccccc32)C1=O)Nc1ccc2c(c1)OCCO2. The number of aryl methyl sites for hydroxylation is 1. The van der Waals surface area contributed by atoms with Gasteiger partial charge in [0.2, 0.25) is 5.91 Å². The quantitative estimate of drug-likeness (QED) is 0.761. The van der Waals surface area contributed by atoms with E-state index in [1.165, 1.54) is 0 Å². The summed E-state index contributed by atoms with van der Waals surface area (Å²) in [5, 5.41) is 5.58. The number of anilines is 1. The second kappa shape index (κ2) is 7.05. The van der Waals surface area contributed by atoms with Crippen LogP contribution in [0.2, 0.25) is 0 Å². The van der Waals surface area contributed by atoms with Crippen molar-refractivity contribution in [3.8, 4) is 11.5 Å². The summed E-state index contributed by atoms with van der Waals surface area (Å²) in [4.78, 5) is 39.5. The molecule has 0 bridgehead atoms. The molecular formula is C22H21N3O5. The van der Waals surface area contributed by atoms with E-state index in [0.717, 1.165) is 28.9 Å². The number of carbonyl (C=O) groups excluding carboxylic acids is 3. The Morgan fingerprint density at radius 2 is 1.90 bits per heavy atom. The van der Waals surface area contributed by atoms with Gasteiger partial charge in [0.1, 0.15) is 25.3 Å². The molecule has 1 atom stereocenters. The van der Waals surface area contributed by atoms with Gasteiger partial charge in [-0.25, -0.2) is 4.79 Å². The number of fused-ring (bicyclic) bond motifs is 3. The number of rotatable bonds is 3. The van der Waals surface area contributed by atoms with Crippen molar-refractivity contribution in [3.05, 3.63) is 53.6 Å². The number of amides is 4. The first-order valence-corrected chi connectivity index (χ1v) is 9.99. The maximum Gasteiger partial charge on any atom is 0.325 e. The van der Waals surface area contributed by atoms with Crippen LogP contribution in [-0.2, 0) is 21.5 Å². The Morgan fingerprint density at radius 3 is 2.77 bits per heavy atom. The topological polar surface area (TPSA) is 97.0 Å². The van der Waals surface area contributed by atoms with Gasteiger partial charge in [-0.1, -0.05) is 24.3 Å². The highest BCUT2D eigenvalue weighted by molar-refractivity contribution is 6.10. The van der Waals surface area contributed by atoms with Crippen molar-refractivity contribution in [2.75, 3.05) is 25.1 Å². The summed E-state index contributed by atoms with van der Waals surface area (Å²) in [6, 6.07) is 12.2. The molecular weight excluding hydrogens is 386 g/mol. The second-order valence-electron chi connectivity index (χ2n) is 7.64. The molecule has 2 aromatic rings. The Morgan fingerprint density at radius 1 is 1.10 bits per heavy atom. The van der Waals surface area contributed by atoms with E-state index < -0.39 is 17.5 Å². The van der Waals surface area contributed by atoms with Gasteiger partial charge in [-0.15, -0.1) is 0 Å². The van der Waals surface area contributed by atoms with Crippen LogP contribution < -0.4 is 20.1 Å². The molecule has 154 valence electrons. The lowest BCUT2D eigenvalue weighted by Gasteiger charge is -2.33. The van der Waals surface area contributed by atoms with Crippen LogP contribution in [-0.4, -0.2) is 42.5 Å². The van der Waals surface area contributed by atoms with Crippen LogP contribution in [0.25, 0.3) is 0 Å². The van der Waals surface area contributed by atoms with Gasteiger partial charge in [0.15, 0.2) is 11.5 Å². The van der Waals surface area contributed by atoms with Gasteiger partial charge in [0.05, 0.1) is 0 Å². The number of imide groups is 1. The lowest BCUT2D eigenvalue weighted by Crippen LogP contribution is -2.47.